The van der Waals surface area contributed by atoms with Crippen LogP contribution in [0.25, 0.3) is 0 Å². The van der Waals surface area contributed by atoms with E-state index in [1.165, 1.54) is 12.4 Å². The minimum absolute atomic E-state index is 0.0401. The van der Waals surface area contributed by atoms with E-state index in [9.17, 15) is 30.8 Å². The van der Waals surface area contributed by atoms with E-state index >= 15 is 0 Å². The van der Waals surface area contributed by atoms with Crippen LogP contribution in [0.15, 0.2) is 46.1 Å². The number of aromatic nitrogens is 1. The van der Waals surface area contributed by atoms with Gasteiger partial charge in [0.25, 0.3) is 15.9 Å². The van der Waals surface area contributed by atoms with Crippen LogP contribution in [-0.4, -0.2) is 37.8 Å². The highest BCUT2D eigenvalue weighted by Gasteiger charge is 2.31. The Labute approximate surface area is 196 Å². The third kappa shape index (κ3) is 4.91. The van der Waals surface area contributed by atoms with Crippen molar-refractivity contribution in [1.29, 1.82) is 0 Å². The van der Waals surface area contributed by atoms with E-state index < -0.39 is 33.5 Å². The minimum Gasteiger partial charge on any atom is -0.353 e. The first kappa shape index (κ1) is 24.1. The van der Waals surface area contributed by atoms with Gasteiger partial charge in [-0.15, -0.1) is 11.3 Å². The molecule has 0 aliphatic carbocycles. The van der Waals surface area contributed by atoms with Gasteiger partial charge in [-0.2, -0.15) is 13.2 Å². The van der Waals surface area contributed by atoms with Gasteiger partial charge in [0.15, 0.2) is 0 Å². The molecular weight excluding hydrogens is 496 g/mol. The van der Waals surface area contributed by atoms with Crippen molar-refractivity contribution < 1.29 is 30.8 Å². The Bertz CT molecular complexity index is 1360. The molecule has 1 amide bonds. The molecule has 0 saturated heterocycles. The van der Waals surface area contributed by atoms with E-state index in [1.807, 2.05) is 0 Å². The average Bonchev–Trinajstić information content (AvgIpc) is 3.30. The number of carbonyl (C=O) groups is 1. The summed E-state index contributed by atoms with van der Waals surface area (Å²) in [5.74, 6) is -1.42. The average molecular weight is 515 g/mol. The number of hydrogen-bond acceptors (Lipinski definition) is 6. The number of fused-ring (bicyclic) bond motifs is 1. The maximum absolute atomic E-state index is 14.2. The summed E-state index contributed by atoms with van der Waals surface area (Å²) in [6.45, 7) is 0.629. The van der Waals surface area contributed by atoms with E-state index in [0.717, 1.165) is 34.6 Å². The second-order valence-electron chi connectivity index (χ2n) is 7.48. The molecule has 4 rings (SSSR count). The molecule has 1 aliphatic heterocycles. The lowest BCUT2D eigenvalue weighted by Gasteiger charge is -2.28. The summed E-state index contributed by atoms with van der Waals surface area (Å²) in [5, 5.41) is 4.19. The number of anilines is 2. The summed E-state index contributed by atoms with van der Waals surface area (Å²) in [5.41, 5.74) is 1.13. The standard InChI is InChI=1S/C21H18F4N4O3S2/c1-26-34(31,32)20-28-18(11-33-20)19(30)29-7-6-12-8-15(4-2-13(12)10-29)27-17-5-3-14(9-16(17)22)21(23,24)25/h2-5,8-9,11,26-27H,6-7,10H2,1H3. The van der Waals surface area contributed by atoms with Crippen molar-refractivity contribution in [3.05, 3.63) is 70.0 Å². The summed E-state index contributed by atoms with van der Waals surface area (Å²) in [4.78, 5) is 18.3. The molecule has 2 N–H and O–H groups in total. The maximum atomic E-state index is 14.2. The van der Waals surface area contributed by atoms with E-state index in [2.05, 4.69) is 15.0 Å². The zero-order valence-electron chi connectivity index (χ0n) is 17.6. The van der Waals surface area contributed by atoms with Crippen LogP contribution in [0.3, 0.4) is 0 Å². The van der Waals surface area contributed by atoms with Gasteiger partial charge in [-0.3, -0.25) is 4.79 Å². The number of thiazole rings is 1. The molecule has 0 bridgehead atoms. The summed E-state index contributed by atoms with van der Waals surface area (Å²) in [6, 6.07) is 7.43. The molecule has 0 atom stereocenters. The lowest BCUT2D eigenvalue weighted by molar-refractivity contribution is -0.137. The SMILES string of the molecule is CNS(=O)(=O)c1nc(C(=O)N2CCc3cc(Nc4ccc(C(F)(F)F)cc4F)ccc3C2)cs1. The molecule has 7 nitrogen and oxygen atoms in total. The molecule has 13 heteroatoms. The second kappa shape index (κ2) is 8.96. The largest absolute Gasteiger partial charge is 0.416 e. The first-order chi connectivity index (χ1) is 16.0. The van der Waals surface area contributed by atoms with Crippen molar-refractivity contribution >= 4 is 38.6 Å². The lowest BCUT2D eigenvalue weighted by atomic mass is 9.98. The van der Waals surface area contributed by atoms with Crippen molar-refractivity contribution in [2.24, 2.45) is 0 Å². The van der Waals surface area contributed by atoms with Crippen LogP contribution in [0.5, 0.6) is 0 Å². The smallest absolute Gasteiger partial charge is 0.353 e. The van der Waals surface area contributed by atoms with Gasteiger partial charge in [0, 0.05) is 24.2 Å². The number of hydrogen-bond donors (Lipinski definition) is 2. The molecule has 0 spiro atoms. The number of sulfonamides is 1. The molecular formula is C21H18F4N4O3S2. The first-order valence-corrected chi connectivity index (χ1v) is 12.3. The van der Waals surface area contributed by atoms with Gasteiger partial charge in [-0.1, -0.05) is 6.07 Å². The highest BCUT2D eigenvalue weighted by molar-refractivity contribution is 7.91. The molecule has 3 aromatic rings. The third-order valence-corrected chi connectivity index (χ3v) is 7.95. The molecule has 0 saturated carbocycles. The van der Waals surface area contributed by atoms with Crippen LogP contribution in [-0.2, 0) is 29.2 Å². The number of nitrogens with zero attached hydrogens (tertiary/aromatic N) is 2. The molecule has 2 heterocycles. The quantitative estimate of drug-likeness (QED) is 0.500. The van der Waals surface area contributed by atoms with Gasteiger partial charge in [0.1, 0.15) is 11.5 Å². The third-order valence-electron chi connectivity index (χ3n) is 5.28. The Balaban J connectivity index is 1.47. The van der Waals surface area contributed by atoms with Gasteiger partial charge in [0.2, 0.25) is 4.34 Å². The van der Waals surface area contributed by atoms with Crippen LogP contribution in [0, 0.1) is 5.82 Å². The normalized spacial score (nSPS) is 14.1. The van der Waals surface area contributed by atoms with E-state index in [-0.39, 0.29) is 22.3 Å². The predicted octanol–water partition coefficient (Wildman–Crippen LogP) is 4.15. The zero-order valence-corrected chi connectivity index (χ0v) is 19.2. The molecule has 1 aliphatic rings. The molecule has 1 aromatic heterocycles. The molecule has 0 unspecified atom stereocenters. The van der Waals surface area contributed by atoms with Crippen molar-refractivity contribution in [3.63, 3.8) is 0 Å². The topological polar surface area (TPSA) is 91.4 Å². The van der Waals surface area contributed by atoms with Crippen LogP contribution in [0.4, 0.5) is 28.9 Å². The van der Waals surface area contributed by atoms with Crippen molar-refractivity contribution in [1.82, 2.24) is 14.6 Å². The number of alkyl halides is 3. The Hall–Kier alpha value is -3.03. The van der Waals surface area contributed by atoms with E-state index in [1.54, 1.807) is 23.1 Å². The Morgan fingerprint density at radius 1 is 1.15 bits per heavy atom. The fourth-order valence-electron chi connectivity index (χ4n) is 3.48. The Kier molecular flexibility index (Phi) is 6.36. The van der Waals surface area contributed by atoms with Gasteiger partial charge >= 0.3 is 6.18 Å². The summed E-state index contributed by atoms with van der Waals surface area (Å²) >= 11 is 0.855. The second-order valence-corrected chi connectivity index (χ2v) is 10.4. The van der Waals surface area contributed by atoms with Crippen molar-refractivity contribution in [2.45, 2.75) is 23.5 Å². The van der Waals surface area contributed by atoms with Crippen molar-refractivity contribution in [2.75, 3.05) is 18.9 Å². The van der Waals surface area contributed by atoms with Gasteiger partial charge in [-0.25, -0.2) is 22.5 Å². The predicted molar refractivity (Wildman–Crippen MR) is 118 cm³/mol. The fourth-order valence-corrected chi connectivity index (χ4v) is 5.29. The molecule has 180 valence electrons. The number of halogens is 4. The van der Waals surface area contributed by atoms with Crippen molar-refractivity contribution in [3.8, 4) is 0 Å². The van der Waals surface area contributed by atoms with Gasteiger partial charge in [-0.05, 0) is 54.9 Å². The highest BCUT2D eigenvalue weighted by Crippen LogP contribution is 2.33. The van der Waals surface area contributed by atoms with Crippen LogP contribution in [0.1, 0.15) is 27.2 Å². The molecule has 2 aromatic carbocycles. The van der Waals surface area contributed by atoms with Gasteiger partial charge in [0.05, 0.1) is 11.3 Å². The van der Waals surface area contributed by atoms with E-state index in [0.29, 0.717) is 24.7 Å². The number of rotatable bonds is 5. The Morgan fingerprint density at radius 2 is 1.91 bits per heavy atom. The summed E-state index contributed by atoms with van der Waals surface area (Å²) < 4.78 is 78.0. The summed E-state index contributed by atoms with van der Waals surface area (Å²) in [7, 11) is -2.48. The monoisotopic (exact) mass is 514 g/mol. The Morgan fingerprint density at radius 3 is 2.59 bits per heavy atom. The van der Waals surface area contributed by atoms with Crippen LogP contribution in [0.2, 0.25) is 0 Å². The van der Waals surface area contributed by atoms with Crippen LogP contribution >= 0.6 is 11.3 Å². The number of nitrogens with one attached hydrogen (secondary N) is 2. The minimum atomic E-state index is -4.63. The van der Waals surface area contributed by atoms with Crippen LogP contribution < -0.4 is 10.0 Å². The molecule has 34 heavy (non-hydrogen) atoms. The molecule has 0 fully saturated rings. The highest BCUT2D eigenvalue weighted by atomic mass is 32.2. The number of amides is 1. The number of carbonyl (C=O) groups excluding carboxylic acids is 1. The maximum Gasteiger partial charge on any atom is 0.416 e. The van der Waals surface area contributed by atoms with Gasteiger partial charge < -0.3 is 10.2 Å². The first-order valence-electron chi connectivity index (χ1n) is 9.92. The summed E-state index contributed by atoms with van der Waals surface area (Å²) in [6.07, 6.45) is -4.15. The number of benzene rings is 2. The zero-order chi connectivity index (χ0) is 24.7. The van der Waals surface area contributed by atoms with E-state index in [4.69, 9.17) is 0 Å². The fraction of sp³-hybridized carbons (Fsp3) is 0.238. The lowest BCUT2D eigenvalue weighted by Crippen LogP contribution is -2.36. The molecule has 0 radical (unpaired) electrons.